The third-order valence-electron chi connectivity index (χ3n) is 4.52. The van der Waals surface area contributed by atoms with Crippen LogP contribution in [0, 0.1) is 10.5 Å². The fourth-order valence-corrected chi connectivity index (χ4v) is 4.63. The predicted octanol–water partition coefficient (Wildman–Crippen LogP) is 6.29. The van der Waals surface area contributed by atoms with Crippen LogP contribution in [0.1, 0.15) is 28.4 Å². The van der Waals surface area contributed by atoms with Crippen molar-refractivity contribution in [2.75, 3.05) is 11.6 Å². The molecule has 0 atom stereocenters. The minimum atomic E-state index is -0.219. The van der Waals surface area contributed by atoms with Crippen LogP contribution in [0.5, 0.6) is 5.75 Å². The molecule has 0 saturated carbocycles. The first kappa shape index (κ1) is 21.5. The lowest BCUT2D eigenvalue weighted by molar-refractivity contribution is 0.0987. The summed E-state index contributed by atoms with van der Waals surface area (Å²) in [5.74, 6) is 0.580. The number of hydrogen-bond acceptors (Lipinski definition) is 5. The van der Waals surface area contributed by atoms with Crippen LogP contribution in [0.2, 0.25) is 0 Å². The number of benzene rings is 3. The molecule has 156 valence electrons. The van der Waals surface area contributed by atoms with Gasteiger partial charge in [-0.25, -0.2) is 4.98 Å². The minimum absolute atomic E-state index is 0.219. The molecule has 3 aromatic carbocycles. The monoisotopic (exact) mass is 541 g/mol. The van der Waals surface area contributed by atoms with E-state index < -0.39 is 0 Å². The van der Waals surface area contributed by atoms with Crippen molar-refractivity contribution in [1.29, 1.82) is 0 Å². The van der Waals surface area contributed by atoms with E-state index in [-0.39, 0.29) is 5.91 Å². The molecule has 0 aliphatic rings. The van der Waals surface area contributed by atoms with Gasteiger partial charge >= 0.3 is 0 Å². The average Bonchev–Trinajstić information content (AvgIpc) is 3.18. The summed E-state index contributed by atoms with van der Waals surface area (Å²) in [6.07, 6.45) is 1.67. The van der Waals surface area contributed by atoms with Crippen molar-refractivity contribution in [2.45, 2.75) is 13.8 Å². The number of halogens is 1. The first-order valence-corrected chi connectivity index (χ1v) is 11.7. The number of hydrogen-bond donors (Lipinski definition) is 0. The lowest BCUT2D eigenvalue weighted by Crippen LogP contribution is -2.26. The van der Waals surface area contributed by atoms with E-state index in [2.05, 4.69) is 38.7 Å². The Morgan fingerprint density at radius 3 is 2.68 bits per heavy atom. The van der Waals surface area contributed by atoms with Crippen molar-refractivity contribution in [3.8, 4) is 5.75 Å². The van der Waals surface area contributed by atoms with Crippen molar-refractivity contribution >= 4 is 61.4 Å². The lowest BCUT2D eigenvalue weighted by Gasteiger charge is -2.14. The Labute approximate surface area is 198 Å². The van der Waals surface area contributed by atoms with Crippen LogP contribution in [0.4, 0.5) is 5.13 Å². The Bertz CT molecular complexity index is 1250. The molecule has 4 rings (SSSR count). The number of carbonyl (C=O) groups excluding carboxylic acids is 1. The maximum absolute atomic E-state index is 13.4. The molecule has 0 aliphatic carbocycles. The third-order valence-corrected chi connectivity index (χ3v) is 6.46. The van der Waals surface area contributed by atoms with Crippen LogP contribution in [0.15, 0.2) is 71.8 Å². The number of thiazole rings is 1. The van der Waals surface area contributed by atoms with Gasteiger partial charge in [-0.2, -0.15) is 10.1 Å². The molecule has 0 spiro atoms. The first-order chi connectivity index (χ1) is 15.0. The molecule has 0 N–H and O–H groups in total. The van der Waals surface area contributed by atoms with Crippen molar-refractivity contribution in [2.24, 2.45) is 5.10 Å². The molecule has 0 saturated heterocycles. The summed E-state index contributed by atoms with van der Waals surface area (Å²) in [7, 11) is 0. The van der Waals surface area contributed by atoms with E-state index in [4.69, 9.17) is 4.74 Å². The second kappa shape index (κ2) is 9.57. The zero-order chi connectivity index (χ0) is 21.8. The Kier molecular flexibility index (Phi) is 6.62. The van der Waals surface area contributed by atoms with Crippen LogP contribution in [0.25, 0.3) is 10.2 Å². The summed E-state index contributed by atoms with van der Waals surface area (Å²) in [6.45, 7) is 4.60. The largest absolute Gasteiger partial charge is 0.494 e. The number of carbonyl (C=O) groups is 1. The van der Waals surface area contributed by atoms with Gasteiger partial charge in [0.2, 0.25) is 5.13 Å². The van der Waals surface area contributed by atoms with Crippen molar-refractivity contribution in [3.05, 3.63) is 87.0 Å². The molecular formula is C24H20IN3O2S. The van der Waals surface area contributed by atoms with Crippen LogP contribution in [-0.2, 0) is 0 Å². The molecule has 0 bridgehead atoms. The van der Waals surface area contributed by atoms with Gasteiger partial charge in [-0.15, -0.1) is 0 Å². The van der Waals surface area contributed by atoms with Gasteiger partial charge in [0.1, 0.15) is 5.75 Å². The van der Waals surface area contributed by atoms with E-state index in [9.17, 15) is 4.79 Å². The highest BCUT2D eigenvalue weighted by molar-refractivity contribution is 14.1. The van der Waals surface area contributed by atoms with Crippen LogP contribution in [0.3, 0.4) is 0 Å². The molecule has 0 aliphatic heterocycles. The van der Waals surface area contributed by atoms with Gasteiger partial charge in [0, 0.05) is 3.57 Å². The summed E-state index contributed by atoms with van der Waals surface area (Å²) in [5, 5.41) is 6.46. The topological polar surface area (TPSA) is 54.8 Å². The number of amides is 1. The van der Waals surface area contributed by atoms with Crippen LogP contribution >= 0.6 is 33.9 Å². The molecule has 5 nitrogen and oxygen atoms in total. The molecule has 0 fully saturated rings. The maximum Gasteiger partial charge on any atom is 0.281 e. The maximum atomic E-state index is 13.4. The van der Waals surface area contributed by atoms with Crippen LogP contribution in [-0.4, -0.2) is 23.7 Å². The smallest absolute Gasteiger partial charge is 0.281 e. The highest BCUT2D eigenvalue weighted by atomic mass is 127. The first-order valence-electron chi connectivity index (χ1n) is 9.78. The molecule has 0 unspecified atom stereocenters. The van der Waals surface area contributed by atoms with Gasteiger partial charge in [-0.1, -0.05) is 29.5 Å². The average molecular weight is 541 g/mol. The SMILES string of the molecule is CCOc1ccc(/C=N/N(C(=O)c2ccccc2I)c2nc3ccc(C)cc3s2)cc1. The summed E-state index contributed by atoms with van der Waals surface area (Å²) in [5.41, 5.74) is 3.45. The van der Waals surface area contributed by atoms with Gasteiger partial charge in [0.15, 0.2) is 0 Å². The van der Waals surface area contributed by atoms with Gasteiger partial charge in [-0.05, 0) is 96.1 Å². The van der Waals surface area contributed by atoms with Crippen molar-refractivity contribution in [1.82, 2.24) is 4.98 Å². The zero-order valence-corrected chi connectivity index (χ0v) is 20.1. The molecule has 1 amide bonds. The normalized spacial score (nSPS) is 11.2. The highest BCUT2D eigenvalue weighted by Gasteiger charge is 2.22. The van der Waals surface area contributed by atoms with Crippen molar-refractivity contribution in [3.63, 3.8) is 0 Å². The zero-order valence-electron chi connectivity index (χ0n) is 17.1. The van der Waals surface area contributed by atoms with Crippen LogP contribution < -0.4 is 9.75 Å². The number of anilines is 1. The van der Waals surface area contributed by atoms with Crippen molar-refractivity contribution < 1.29 is 9.53 Å². The number of fused-ring (bicyclic) bond motifs is 1. The molecule has 7 heteroatoms. The molecule has 4 aromatic rings. The van der Waals surface area contributed by atoms with E-state index in [0.717, 1.165) is 30.7 Å². The van der Waals surface area contributed by atoms with Gasteiger partial charge in [0.25, 0.3) is 5.91 Å². The Hall–Kier alpha value is -2.78. The number of aryl methyl sites for hydroxylation is 1. The number of nitrogens with zero attached hydrogens (tertiary/aromatic N) is 3. The number of hydrazone groups is 1. The predicted molar refractivity (Wildman–Crippen MR) is 136 cm³/mol. The Morgan fingerprint density at radius 2 is 1.94 bits per heavy atom. The molecular weight excluding hydrogens is 521 g/mol. The second-order valence-electron chi connectivity index (χ2n) is 6.81. The molecule has 0 radical (unpaired) electrons. The summed E-state index contributed by atoms with van der Waals surface area (Å²) in [6, 6.07) is 21.1. The highest BCUT2D eigenvalue weighted by Crippen LogP contribution is 2.31. The van der Waals surface area contributed by atoms with E-state index in [1.807, 2.05) is 68.4 Å². The second-order valence-corrected chi connectivity index (χ2v) is 8.98. The minimum Gasteiger partial charge on any atom is -0.494 e. The quantitative estimate of drug-likeness (QED) is 0.164. The number of ether oxygens (including phenoxy) is 1. The lowest BCUT2D eigenvalue weighted by atomic mass is 10.2. The molecule has 1 heterocycles. The van der Waals surface area contributed by atoms with E-state index in [0.29, 0.717) is 17.3 Å². The summed E-state index contributed by atoms with van der Waals surface area (Å²) < 4.78 is 7.37. The number of rotatable bonds is 6. The van der Waals surface area contributed by atoms with E-state index in [1.165, 1.54) is 16.3 Å². The molecule has 31 heavy (non-hydrogen) atoms. The summed E-state index contributed by atoms with van der Waals surface area (Å²) >= 11 is 3.62. The fraction of sp³-hybridized carbons (Fsp3) is 0.125. The fourth-order valence-electron chi connectivity index (χ4n) is 2.99. The third kappa shape index (κ3) is 4.94. The van der Waals surface area contributed by atoms with Gasteiger partial charge in [-0.3, -0.25) is 4.79 Å². The van der Waals surface area contributed by atoms with Gasteiger partial charge < -0.3 is 4.74 Å². The van der Waals surface area contributed by atoms with E-state index in [1.54, 1.807) is 12.3 Å². The summed E-state index contributed by atoms with van der Waals surface area (Å²) in [4.78, 5) is 18.1. The van der Waals surface area contributed by atoms with E-state index >= 15 is 0 Å². The standard InChI is InChI=1S/C24H20IN3O2S/c1-3-30-18-11-9-17(10-12-18)15-26-28(23(29)19-6-4-5-7-20(19)25)24-27-21-13-8-16(2)14-22(21)31-24/h4-15H,3H2,1-2H3/b26-15+. The van der Waals surface area contributed by atoms with Gasteiger partial charge in [0.05, 0.1) is 28.6 Å². The Balaban J connectivity index is 1.72. The Morgan fingerprint density at radius 1 is 1.16 bits per heavy atom. The molecule has 1 aromatic heterocycles. The number of aromatic nitrogens is 1.